The average Bonchev–Trinajstić information content (AvgIpc) is 2.75. The first-order valence-corrected chi connectivity index (χ1v) is 8.08. The molecule has 0 spiro atoms. The van der Waals surface area contributed by atoms with Gasteiger partial charge in [-0.15, -0.1) is 0 Å². The van der Waals surface area contributed by atoms with Crippen molar-refractivity contribution in [1.82, 2.24) is 10.2 Å². The van der Waals surface area contributed by atoms with E-state index in [9.17, 15) is 18.8 Å². The van der Waals surface area contributed by atoms with Crippen molar-refractivity contribution >= 4 is 17.8 Å². The largest absolute Gasteiger partial charge is 0.478 e. The van der Waals surface area contributed by atoms with Crippen molar-refractivity contribution in [2.75, 3.05) is 19.6 Å². The molecule has 1 aliphatic rings. The highest BCUT2D eigenvalue weighted by molar-refractivity contribution is 5.96. The van der Waals surface area contributed by atoms with Crippen LogP contribution in [0.5, 0.6) is 0 Å². The molecule has 1 aromatic rings. The fourth-order valence-corrected chi connectivity index (χ4v) is 2.67. The van der Waals surface area contributed by atoms with Gasteiger partial charge < -0.3 is 15.3 Å². The summed E-state index contributed by atoms with van der Waals surface area (Å²) in [7, 11) is 0. The van der Waals surface area contributed by atoms with Crippen molar-refractivity contribution in [2.45, 2.75) is 32.1 Å². The lowest BCUT2D eigenvalue weighted by atomic mass is 10.1. The highest BCUT2D eigenvalue weighted by Gasteiger charge is 2.17. The van der Waals surface area contributed by atoms with Crippen LogP contribution in [0.2, 0.25) is 0 Å². The Bertz CT molecular complexity index is 633. The third kappa shape index (κ3) is 4.78. The standard InChI is InChI=1S/C17H21FN2O4/c18-14-11-12(17(23)24)6-7-13(14)16(22)19-8-4-10-20-9-3-1-2-5-15(20)21/h6-7,11H,1-5,8-10H2,(H,19,22)(H,23,24). The van der Waals surface area contributed by atoms with Gasteiger partial charge in [0.1, 0.15) is 5.82 Å². The molecule has 2 rings (SSSR count). The molecule has 130 valence electrons. The second-order valence-corrected chi connectivity index (χ2v) is 5.80. The fourth-order valence-electron chi connectivity index (χ4n) is 2.67. The van der Waals surface area contributed by atoms with Gasteiger partial charge in [0.05, 0.1) is 11.1 Å². The average molecular weight is 336 g/mol. The van der Waals surface area contributed by atoms with Gasteiger partial charge in [-0.1, -0.05) is 6.42 Å². The smallest absolute Gasteiger partial charge is 0.335 e. The van der Waals surface area contributed by atoms with E-state index < -0.39 is 17.7 Å². The predicted octanol–water partition coefficient (Wildman–Crippen LogP) is 2.05. The molecule has 0 bridgehead atoms. The SMILES string of the molecule is O=C(O)c1ccc(C(=O)NCCCN2CCCCCC2=O)c(F)c1. The normalized spacial score (nSPS) is 15.0. The Kier molecular flexibility index (Phi) is 6.28. The van der Waals surface area contributed by atoms with E-state index in [1.165, 1.54) is 6.07 Å². The molecular weight excluding hydrogens is 315 g/mol. The molecule has 1 saturated heterocycles. The Balaban J connectivity index is 1.81. The summed E-state index contributed by atoms with van der Waals surface area (Å²) >= 11 is 0. The quantitative estimate of drug-likeness (QED) is 0.779. The van der Waals surface area contributed by atoms with Crippen molar-refractivity contribution in [1.29, 1.82) is 0 Å². The molecule has 24 heavy (non-hydrogen) atoms. The maximum Gasteiger partial charge on any atom is 0.335 e. The maximum atomic E-state index is 13.8. The molecule has 1 heterocycles. The van der Waals surface area contributed by atoms with Crippen LogP contribution in [0.3, 0.4) is 0 Å². The molecule has 1 aliphatic heterocycles. The highest BCUT2D eigenvalue weighted by atomic mass is 19.1. The molecule has 1 aromatic carbocycles. The molecular formula is C17H21FN2O4. The molecule has 0 unspecified atom stereocenters. The van der Waals surface area contributed by atoms with Gasteiger partial charge in [0.25, 0.3) is 5.91 Å². The zero-order chi connectivity index (χ0) is 17.5. The Labute approximate surface area is 139 Å². The van der Waals surface area contributed by atoms with Gasteiger partial charge in [0.15, 0.2) is 0 Å². The van der Waals surface area contributed by atoms with Crippen molar-refractivity contribution < 1.29 is 23.9 Å². The number of rotatable bonds is 6. The van der Waals surface area contributed by atoms with Gasteiger partial charge in [-0.3, -0.25) is 9.59 Å². The first kappa shape index (κ1) is 17.9. The Morgan fingerprint density at radius 1 is 1.25 bits per heavy atom. The summed E-state index contributed by atoms with van der Waals surface area (Å²) in [5, 5.41) is 11.4. The van der Waals surface area contributed by atoms with Crippen LogP contribution in [0.4, 0.5) is 4.39 Å². The number of carboxylic acids is 1. The number of halogens is 1. The monoisotopic (exact) mass is 336 g/mol. The zero-order valence-corrected chi connectivity index (χ0v) is 13.4. The summed E-state index contributed by atoms with van der Waals surface area (Å²) in [6.07, 6.45) is 4.15. The summed E-state index contributed by atoms with van der Waals surface area (Å²) in [4.78, 5) is 36.3. The van der Waals surface area contributed by atoms with Crippen LogP contribution in [0.25, 0.3) is 0 Å². The van der Waals surface area contributed by atoms with E-state index in [1.54, 1.807) is 4.90 Å². The number of amides is 2. The van der Waals surface area contributed by atoms with E-state index in [4.69, 9.17) is 5.11 Å². The van der Waals surface area contributed by atoms with Crippen molar-refractivity contribution in [2.24, 2.45) is 0 Å². The van der Waals surface area contributed by atoms with Crippen LogP contribution in [0.1, 0.15) is 52.8 Å². The summed E-state index contributed by atoms with van der Waals surface area (Å²) in [5.74, 6) is -2.56. The Hall–Kier alpha value is -2.44. The second-order valence-electron chi connectivity index (χ2n) is 5.80. The minimum atomic E-state index is -1.25. The number of carboxylic acid groups (broad SMARTS) is 1. The Morgan fingerprint density at radius 2 is 2.04 bits per heavy atom. The molecule has 1 fully saturated rings. The van der Waals surface area contributed by atoms with Crippen LogP contribution in [-0.2, 0) is 4.79 Å². The van der Waals surface area contributed by atoms with E-state index in [0.717, 1.165) is 37.9 Å². The van der Waals surface area contributed by atoms with Crippen LogP contribution < -0.4 is 5.32 Å². The van der Waals surface area contributed by atoms with Crippen LogP contribution in [-0.4, -0.2) is 47.4 Å². The molecule has 0 aliphatic carbocycles. The highest BCUT2D eigenvalue weighted by Crippen LogP contribution is 2.12. The van der Waals surface area contributed by atoms with Gasteiger partial charge in [0, 0.05) is 26.1 Å². The molecule has 0 aromatic heterocycles. The van der Waals surface area contributed by atoms with Gasteiger partial charge in [-0.25, -0.2) is 9.18 Å². The molecule has 0 atom stereocenters. The second kappa shape index (κ2) is 8.42. The zero-order valence-electron chi connectivity index (χ0n) is 13.4. The first-order chi connectivity index (χ1) is 11.5. The van der Waals surface area contributed by atoms with Crippen molar-refractivity contribution in [3.05, 3.63) is 35.1 Å². The lowest BCUT2D eigenvalue weighted by molar-refractivity contribution is -0.130. The van der Waals surface area contributed by atoms with E-state index >= 15 is 0 Å². The fraction of sp³-hybridized carbons (Fsp3) is 0.471. The van der Waals surface area contributed by atoms with Crippen LogP contribution >= 0.6 is 0 Å². The van der Waals surface area contributed by atoms with Crippen molar-refractivity contribution in [3.63, 3.8) is 0 Å². The number of nitrogens with zero attached hydrogens (tertiary/aromatic N) is 1. The molecule has 2 N–H and O–H groups in total. The van der Waals surface area contributed by atoms with Gasteiger partial charge in [0.2, 0.25) is 5.91 Å². The summed E-state index contributed by atoms with van der Waals surface area (Å²) in [5.41, 5.74) is -0.394. The van der Waals surface area contributed by atoms with E-state index in [0.29, 0.717) is 25.9 Å². The van der Waals surface area contributed by atoms with E-state index in [-0.39, 0.29) is 17.0 Å². The minimum absolute atomic E-state index is 0.147. The molecule has 6 nitrogen and oxygen atoms in total. The summed E-state index contributed by atoms with van der Waals surface area (Å²) < 4.78 is 13.8. The molecule has 0 radical (unpaired) electrons. The molecule has 2 amide bonds. The lowest BCUT2D eigenvalue weighted by Crippen LogP contribution is -2.34. The number of carbonyl (C=O) groups is 3. The van der Waals surface area contributed by atoms with Gasteiger partial charge in [-0.2, -0.15) is 0 Å². The Morgan fingerprint density at radius 3 is 2.75 bits per heavy atom. The number of benzene rings is 1. The molecule has 7 heteroatoms. The molecule has 0 saturated carbocycles. The number of carbonyl (C=O) groups excluding carboxylic acids is 2. The topological polar surface area (TPSA) is 86.7 Å². The number of hydrogen-bond donors (Lipinski definition) is 2. The number of hydrogen-bond acceptors (Lipinski definition) is 3. The number of likely N-dealkylation sites (tertiary alicyclic amines) is 1. The van der Waals surface area contributed by atoms with Gasteiger partial charge >= 0.3 is 5.97 Å². The maximum absolute atomic E-state index is 13.8. The third-order valence-corrected chi connectivity index (χ3v) is 4.02. The number of aromatic carboxylic acids is 1. The third-order valence-electron chi connectivity index (χ3n) is 4.02. The van der Waals surface area contributed by atoms with E-state index in [1.807, 2.05) is 0 Å². The van der Waals surface area contributed by atoms with Crippen LogP contribution in [0, 0.1) is 5.82 Å². The predicted molar refractivity (Wildman–Crippen MR) is 85.4 cm³/mol. The lowest BCUT2D eigenvalue weighted by Gasteiger charge is -2.20. The number of nitrogens with one attached hydrogen (secondary N) is 1. The first-order valence-electron chi connectivity index (χ1n) is 8.08. The summed E-state index contributed by atoms with van der Waals surface area (Å²) in [6.45, 7) is 1.64. The van der Waals surface area contributed by atoms with Gasteiger partial charge in [-0.05, 0) is 37.5 Å². The van der Waals surface area contributed by atoms with E-state index in [2.05, 4.69) is 5.32 Å². The van der Waals surface area contributed by atoms with Crippen LogP contribution in [0.15, 0.2) is 18.2 Å². The minimum Gasteiger partial charge on any atom is -0.478 e. The summed E-state index contributed by atoms with van der Waals surface area (Å²) in [6, 6.07) is 3.18. The van der Waals surface area contributed by atoms with Crippen molar-refractivity contribution in [3.8, 4) is 0 Å².